The van der Waals surface area contributed by atoms with E-state index in [9.17, 15) is 18.0 Å². The highest BCUT2D eigenvalue weighted by Gasteiger charge is 2.33. The van der Waals surface area contributed by atoms with Gasteiger partial charge in [-0.2, -0.15) is 4.31 Å². The Morgan fingerprint density at radius 2 is 1.83 bits per heavy atom. The van der Waals surface area contributed by atoms with Crippen molar-refractivity contribution in [1.29, 1.82) is 0 Å². The second-order valence-corrected chi connectivity index (χ2v) is 11.0. The van der Waals surface area contributed by atoms with Gasteiger partial charge in [-0.15, -0.1) is 6.42 Å². The molecule has 0 unspecified atom stereocenters. The van der Waals surface area contributed by atoms with E-state index in [2.05, 4.69) is 53.4 Å². The second kappa shape index (κ2) is 11.7. The van der Waals surface area contributed by atoms with Crippen LogP contribution in [0.2, 0.25) is 0 Å². The van der Waals surface area contributed by atoms with Crippen LogP contribution in [0.1, 0.15) is 31.4 Å². The molecule has 1 saturated heterocycles. The topological polar surface area (TPSA) is 90.0 Å². The molecule has 1 N–H and O–H groups in total. The summed E-state index contributed by atoms with van der Waals surface area (Å²) < 4.78 is 26.3. The Morgan fingerprint density at radius 3 is 2.49 bits per heavy atom. The zero-order valence-corrected chi connectivity index (χ0v) is 21.4. The quantitative estimate of drug-likeness (QED) is 0.533. The first-order valence-corrected chi connectivity index (χ1v) is 13.6. The van der Waals surface area contributed by atoms with Gasteiger partial charge in [0, 0.05) is 32.2 Å². The van der Waals surface area contributed by atoms with Crippen molar-refractivity contribution in [3.05, 3.63) is 48.0 Å². The van der Waals surface area contributed by atoms with Crippen molar-refractivity contribution in [3.63, 3.8) is 0 Å². The molecule has 1 heterocycles. The van der Waals surface area contributed by atoms with E-state index in [4.69, 9.17) is 6.42 Å². The molecule has 0 saturated carbocycles. The highest BCUT2D eigenvalue weighted by atomic mass is 32.2. The fourth-order valence-electron chi connectivity index (χ4n) is 4.62. The van der Waals surface area contributed by atoms with E-state index in [0.29, 0.717) is 12.8 Å². The number of carbonyl (C=O) groups is 2. The van der Waals surface area contributed by atoms with Crippen molar-refractivity contribution in [2.45, 2.75) is 31.8 Å². The molecule has 2 aromatic rings. The van der Waals surface area contributed by atoms with Crippen LogP contribution >= 0.6 is 0 Å². The smallest absolute Gasteiger partial charge is 0.242 e. The zero-order valence-electron chi connectivity index (χ0n) is 20.6. The van der Waals surface area contributed by atoms with Gasteiger partial charge >= 0.3 is 0 Å². The molecule has 8 nitrogen and oxygen atoms in total. The molecular weight excluding hydrogens is 464 g/mol. The monoisotopic (exact) mass is 498 g/mol. The summed E-state index contributed by atoms with van der Waals surface area (Å²) in [5.74, 6) is 1.52. The third-order valence-electron chi connectivity index (χ3n) is 6.64. The van der Waals surface area contributed by atoms with Gasteiger partial charge in [0.15, 0.2) is 0 Å². The molecule has 2 aromatic carbocycles. The Kier molecular flexibility index (Phi) is 8.89. The molecule has 2 amide bonds. The molecule has 0 aromatic heterocycles. The number of nitrogens with one attached hydrogen (secondary N) is 1. The number of piperidine rings is 1. The Balaban J connectivity index is 1.61. The summed E-state index contributed by atoms with van der Waals surface area (Å²) in [4.78, 5) is 28.2. The first-order chi connectivity index (χ1) is 16.6. The summed E-state index contributed by atoms with van der Waals surface area (Å²) in [6.45, 7) is 3.22. The lowest BCUT2D eigenvalue weighted by molar-refractivity contribution is -0.131. The molecular formula is C26H34N4O4S. The second-order valence-electron chi connectivity index (χ2n) is 9.05. The molecule has 1 fully saturated rings. The van der Waals surface area contributed by atoms with Crippen molar-refractivity contribution < 1.29 is 18.0 Å². The summed E-state index contributed by atoms with van der Waals surface area (Å²) in [5.41, 5.74) is 1.25. The normalized spacial score (nSPS) is 16.1. The summed E-state index contributed by atoms with van der Waals surface area (Å²) in [6.07, 6.45) is 7.57. The van der Waals surface area contributed by atoms with E-state index >= 15 is 0 Å². The molecule has 1 aliphatic rings. The van der Waals surface area contributed by atoms with Crippen molar-refractivity contribution >= 4 is 32.6 Å². The number of amides is 2. The van der Waals surface area contributed by atoms with Gasteiger partial charge < -0.3 is 10.2 Å². The van der Waals surface area contributed by atoms with Crippen molar-refractivity contribution in [1.82, 2.24) is 19.4 Å². The van der Waals surface area contributed by atoms with Gasteiger partial charge in [0.1, 0.15) is 0 Å². The maximum Gasteiger partial charge on any atom is 0.242 e. The molecule has 188 valence electrons. The maximum atomic E-state index is 12.5. The standard InChI is InChI=1S/C26H34N4O4S/c1-5-15-28(3)26(32)18-27-25(31)19-30(35(4,33)34)22-13-16-29(17-14-22)20(2)23-12-8-10-21-9-6-7-11-24(21)23/h1,6-12,20,22H,13-19H2,2-4H3,(H,27,31)/t20-/m1/s1. The summed E-state index contributed by atoms with van der Waals surface area (Å²) >= 11 is 0. The third kappa shape index (κ3) is 6.82. The summed E-state index contributed by atoms with van der Waals surface area (Å²) in [5, 5.41) is 4.94. The highest BCUT2D eigenvalue weighted by Crippen LogP contribution is 2.31. The third-order valence-corrected chi connectivity index (χ3v) is 7.92. The van der Waals surface area contributed by atoms with E-state index < -0.39 is 15.9 Å². The highest BCUT2D eigenvalue weighted by molar-refractivity contribution is 7.88. The lowest BCUT2D eigenvalue weighted by Gasteiger charge is -2.39. The van der Waals surface area contributed by atoms with Gasteiger partial charge in [-0.05, 0) is 36.1 Å². The van der Waals surface area contributed by atoms with Gasteiger partial charge in [-0.25, -0.2) is 8.42 Å². The number of benzene rings is 2. The number of carbonyl (C=O) groups excluding carboxylic acids is 2. The van der Waals surface area contributed by atoms with E-state index in [1.807, 2.05) is 12.1 Å². The average molecular weight is 499 g/mol. The molecule has 1 aliphatic heterocycles. The molecule has 3 rings (SSSR count). The number of fused-ring (bicyclic) bond motifs is 1. The van der Waals surface area contributed by atoms with Gasteiger partial charge in [-0.3, -0.25) is 14.5 Å². The van der Waals surface area contributed by atoms with Gasteiger partial charge in [0.05, 0.1) is 25.9 Å². The fraction of sp³-hybridized carbons (Fsp3) is 0.462. The molecule has 35 heavy (non-hydrogen) atoms. The predicted molar refractivity (Wildman–Crippen MR) is 138 cm³/mol. The molecule has 1 atom stereocenters. The SMILES string of the molecule is C#CCN(C)C(=O)CNC(=O)CN(C1CCN([C@H](C)c2cccc3ccccc23)CC1)S(C)(=O)=O. The van der Waals surface area contributed by atoms with Gasteiger partial charge in [-0.1, -0.05) is 48.4 Å². The predicted octanol–water partition coefficient (Wildman–Crippen LogP) is 1.83. The van der Waals surface area contributed by atoms with E-state index in [0.717, 1.165) is 19.3 Å². The van der Waals surface area contributed by atoms with E-state index in [1.54, 1.807) is 7.05 Å². The van der Waals surface area contributed by atoms with Crippen LogP contribution in [-0.2, 0) is 19.6 Å². The van der Waals surface area contributed by atoms with Crippen molar-refractivity contribution in [2.75, 3.05) is 46.0 Å². The number of hydrogen-bond donors (Lipinski definition) is 1. The van der Waals surface area contributed by atoms with Crippen LogP contribution < -0.4 is 5.32 Å². The number of hydrogen-bond acceptors (Lipinski definition) is 5. The summed E-state index contributed by atoms with van der Waals surface area (Å²) in [6, 6.07) is 14.5. The number of rotatable bonds is 9. The minimum atomic E-state index is -3.61. The summed E-state index contributed by atoms with van der Waals surface area (Å²) in [7, 11) is -2.06. The lowest BCUT2D eigenvalue weighted by atomic mass is 9.96. The number of likely N-dealkylation sites (tertiary alicyclic amines) is 1. The molecule has 0 bridgehead atoms. The number of likely N-dealkylation sites (N-methyl/N-ethyl adjacent to an activating group) is 1. The molecule has 0 spiro atoms. The largest absolute Gasteiger partial charge is 0.346 e. The number of terminal acetylenes is 1. The van der Waals surface area contributed by atoms with Crippen LogP contribution in [0.5, 0.6) is 0 Å². The van der Waals surface area contributed by atoms with Crippen LogP contribution in [0, 0.1) is 12.3 Å². The van der Waals surface area contributed by atoms with Crippen molar-refractivity contribution in [3.8, 4) is 12.3 Å². The molecule has 0 aliphatic carbocycles. The molecule has 0 radical (unpaired) electrons. The fourth-order valence-corrected chi connectivity index (χ4v) is 5.73. The van der Waals surface area contributed by atoms with E-state index in [-0.39, 0.29) is 37.6 Å². The average Bonchev–Trinajstić information content (AvgIpc) is 2.84. The van der Waals surface area contributed by atoms with Crippen LogP contribution in [-0.4, -0.2) is 86.4 Å². The first-order valence-electron chi connectivity index (χ1n) is 11.7. The minimum Gasteiger partial charge on any atom is -0.346 e. The zero-order chi connectivity index (χ0) is 25.6. The Bertz CT molecular complexity index is 1190. The van der Waals surface area contributed by atoms with Crippen LogP contribution in [0.15, 0.2) is 42.5 Å². The van der Waals surface area contributed by atoms with Crippen LogP contribution in [0.25, 0.3) is 10.8 Å². The number of sulfonamides is 1. The van der Waals surface area contributed by atoms with Gasteiger partial charge in [0.2, 0.25) is 21.8 Å². The Morgan fingerprint density at radius 1 is 1.17 bits per heavy atom. The number of nitrogens with zero attached hydrogens (tertiary/aromatic N) is 3. The molecule has 9 heteroatoms. The lowest BCUT2D eigenvalue weighted by Crippen LogP contribution is -2.51. The Hall–Kier alpha value is -2.93. The first kappa shape index (κ1) is 26.7. The van der Waals surface area contributed by atoms with Crippen molar-refractivity contribution in [2.24, 2.45) is 0 Å². The van der Waals surface area contributed by atoms with Crippen LogP contribution in [0.3, 0.4) is 0 Å². The van der Waals surface area contributed by atoms with Gasteiger partial charge in [0.25, 0.3) is 0 Å². The maximum absolute atomic E-state index is 12.5. The van der Waals surface area contributed by atoms with Crippen LogP contribution in [0.4, 0.5) is 0 Å². The Labute approximate surface area is 208 Å². The minimum absolute atomic E-state index is 0.139. The van der Waals surface area contributed by atoms with E-state index in [1.165, 1.54) is 25.5 Å².